The molecular weight excluding hydrogens is 212 g/mol. The van der Waals surface area contributed by atoms with E-state index in [0.717, 1.165) is 26.3 Å². The molecule has 1 aliphatic heterocycles. The maximum atomic E-state index is 5.43. The van der Waals surface area contributed by atoms with Crippen LogP contribution in [0.5, 0.6) is 0 Å². The zero-order valence-electron chi connectivity index (χ0n) is 10.8. The minimum absolute atomic E-state index is 0.493. The molecule has 0 bridgehead atoms. The first-order chi connectivity index (χ1) is 8.27. The summed E-state index contributed by atoms with van der Waals surface area (Å²) in [6, 6.07) is 4.71. The minimum Gasteiger partial charge on any atom is -0.379 e. The summed E-state index contributed by atoms with van der Waals surface area (Å²) in [4.78, 5) is 6.78. The summed E-state index contributed by atoms with van der Waals surface area (Å²) in [5.41, 5.74) is 1.34. The van der Waals surface area contributed by atoms with Crippen LogP contribution >= 0.6 is 0 Å². The van der Waals surface area contributed by atoms with Gasteiger partial charge in [0.25, 0.3) is 0 Å². The van der Waals surface area contributed by atoms with E-state index in [1.165, 1.54) is 12.0 Å². The van der Waals surface area contributed by atoms with Crippen molar-refractivity contribution < 1.29 is 4.74 Å². The molecule has 2 rings (SSSR count). The second-order valence-electron chi connectivity index (χ2n) is 5.08. The van der Waals surface area contributed by atoms with Gasteiger partial charge in [0.15, 0.2) is 0 Å². The number of aromatic nitrogens is 1. The fourth-order valence-corrected chi connectivity index (χ4v) is 2.40. The van der Waals surface area contributed by atoms with E-state index in [9.17, 15) is 0 Å². The van der Waals surface area contributed by atoms with Crippen LogP contribution in [0.3, 0.4) is 0 Å². The van der Waals surface area contributed by atoms with Crippen molar-refractivity contribution >= 4 is 0 Å². The van der Waals surface area contributed by atoms with Gasteiger partial charge in [-0.05, 0) is 24.0 Å². The molecule has 0 radical (unpaired) electrons. The van der Waals surface area contributed by atoms with Crippen molar-refractivity contribution in [3.8, 4) is 0 Å². The molecule has 0 spiro atoms. The Bertz CT molecular complexity index is 320. The lowest BCUT2D eigenvalue weighted by Gasteiger charge is -2.35. The molecule has 0 amide bonds. The Morgan fingerprint density at radius 1 is 1.35 bits per heavy atom. The second kappa shape index (κ2) is 6.12. The van der Waals surface area contributed by atoms with Crippen molar-refractivity contribution in [2.45, 2.75) is 26.3 Å². The van der Waals surface area contributed by atoms with E-state index in [4.69, 9.17) is 4.74 Å². The van der Waals surface area contributed by atoms with Crippen LogP contribution in [0, 0.1) is 5.92 Å². The highest BCUT2D eigenvalue weighted by atomic mass is 16.5. The van der Waals surface area contributed by atoms with E-state index in [1.807, 2.05) is 18.5 Å². The van der Waals surface area contributed by atoms with Crippen LogP contribution in [-0.2, 0) is 4.74 Å². The fourth-order valence-electron chi connectivity index (χ4n) is 2.40. The van der Waals surface area contributed by atoms with E-state index in [2.05, 4.69) is 29.8 Å². The average molecular weight is 234 g/mol. The van der Waals surface area contributed by atoms with Crippen LogP contribution in [0.15, 0.2) is 24.5 Å². The Labute approximate surface area is 104 Å². The molecule has 0 aliphatic carbocycles. The summed E-state index contributed by atoms with van der Waals surface area (Å²) >= 11 is 0. The van der Waals surface area contributed by atoms with Crippen molar-refractivity contribution in [3.05, 3.63) is 30.1 Å². The normalized spacial score (nSPS) is 19.5. The summed E-state index contributed by atoms with van der Waals surface area (Å²) in [6.45, 7) is 8.34. The summed E-state index contributed by atoms with van der Waals surface area (Å²) in [5.74, 6) is 0.697. The Morgan fingerprint density at radius 2 is 2.12 bits per heavy atom. The zero-order valence-corrected chi connectivity index (χ0v) is 10.8. The molecule has 17 heavy (non-hydrogen) atoms. The minimum atomic E-state index is 0.493. The summed E-state index contributed by atoms with van der Waals surface area (Å²) in [6.07, 6.45) is 5.03. The van der Waals surface area contributed by atoms with Gasteiger partial charge in [-0.25, -0.2) is 0 Å². The standard InChI is InChI=1S/C14H22N2O/c1-12(2)10-14(13-4-3-5-15-11-13)16-6-8-17-9-7-16/h3-5,11-12,14H,6-10H2,1-2H3. The predicted octanol–water partition coefficient (Wildman–Crippen LogP) is 2.50. The van der Waals surface area contributed by atoms with Crippen molar-refractivity contribution in [3.63, 3.8) is 0 Å². The molecule has 3 nitrogen and oxygen atoms in total. The SMILES string of the molecule is CC(C)CC(c1cccnc1)N1CCOCC1. The van der Waals surface area contributed by atoms with Crippen LogP contribution in [0.25, 0.3) is 0 Å². The third kappa shape index (κ3) is 3.51. The van der Waals surface area contributed by atoms with Crippen LogP contribution in [-0.4, -0.2) is 36.2 Å². The first-order valence-corrected chi connectivity index (χ1v) is 6.49. The van der Waals surface area contributed by atoms with E-state index < -0.39 is 0 Å². The van der Waals surface area contributed by atoms with Crippen LogP contribution in [0.4, 0.5) is 0 Å². The highest BCUT2D eigenvalue weighted by Gasteiger charge is 2.23. The van der Waals surface area contributed by atoms with Gasteiger partial charge in [0, 0.05) is 31.5 Å². The maximum absolute atomic E-state index is 5.43. The van der Waals surface area contributed by atoms with E-state index in [-0.39, 0.29) is 0 Å². The van der Waals surface area contributed by atoms with Crippen molar-refractivity contribution in [2.24, 2.45) is 5.92 Å². The molecule has 0 saturated carbocycles. The van der Waals surface area contributed by atoms with E-state index in [1.54, 1.807) is 0 Å². The number of hydrogen-bond acceptors (Lipinski definition) is 3. The van der Waals surface area contributed by atoms with Crippen LogP contribution in [0.1, 0.15) is 31.9 Å². The first-order valence-electron chi connectivity index (χ1n) is 6.49. The molecule has 1 atom stereocenters. The summed E-state index contributed by atoms with van der Waals surface area (Å²) in [7, 11) is 0. The highest BCUT2D eigenvalue weighted by molar-refractivity contribution is 5.14. The van der Waals surface area contributed by atoms with E-state index in [0.29, 0.717) is 12.0 Å². The predicted molar refractivity (Wildman–Crippen MR) is 68.8 cm³/mol. The second-order valence-corrected chi connectivity index (χ2v) is 5.08. The van der Waals surface area contributed by atoms with Gasteiger partial charge in [-0.2, -0.15) is 0 Å². The molecule has 1 saturated heterocycles. The van der Waals surface area contributed by atoms with Gasteiger partial charge in [0.05, 0.1) is 13.2 Å². The lowest BCUT2D eigenvalue weighted by Crippen LogP contribution is -2.39. The number of ether oxygens (including phenoxy) is 1. The Kier molecular flexibility index (Phi) is 4.51. The number of morpholine rings is 1. The Hall–Kier alpha value is -0.930. The average Bonchev–Trinajstić information content (AvgIpc) is 2.38. The Balaban J connectivity index is 2.12. The van der Waals surface area contributed by atoms with Gasteiger partial charge < -0.3 is 4.74 Å². The lowest BCUT2D eigenvalue weighted by atomic mass is 9.96. The maximum Gasteiger partial charge on any atom is 0.0594 e. The monoisotopic (exact) mass is 234 g/mol. The molecule has 0 N–H and O–H groups in total. The third-order valence-corrected chi connectivity index (χ3v) is 3.25. The smallest absolute Gasteiger partial charge is 0.0594 e. The molecule has 1 aromatic heterocycles. The van der Waals surface area contributed by atoms with Gasteiger partial charge in [-0.3, -0.25) is 9.88 Å². The highest BCUT2D eigenvalue weighted by Crippen LogP contribution is 2.27. The van der Waals surface area contributed by atoms with Gasteiger partial charge in [0.1, 0.15) is 0 Å². The van der Waals surface area contributed by atoms with Gasteiger partial charge in [-0.1, -0.05) is 19.9 Å². The number of nitrogens with zero attached hydrogens (tertiary/aromatic N) is 2. The molecule has 1 aromatic rings. The topological polar surface area (TPSA) is 25.4 Å². The third-order valence-electron chi connectivity index (χ3n) is 3.25. The molecule has 1 fully saturated rings. The van der Waals surface area contributed by atoms with Crippen LogP contribution < -0.4 is 0 Å². The molecule has 1 unspecified atom stereocenters. The zero-order chi connectivity index (χ0) is 12.1. The molecule has 0 aromatic carbocycles. The summed E-state index contributed by atoms with van der Waals surface area (Å²) < 4.78 is 5.43. The molecule has 2 heterocycles. The number of rotatable bonds is 4. The molecule has 3 heteroatoms. The van der Waals surface area contributed by atoms with Gasteiger partial charge >= 0.3 is 0 Å². The molecule has 94 valence electrons. The summed E-state index contributed by atoms with van der Waals surface area (Å²) in [5, 5.41) is 0. The van der Waals surface area contributed by atoms with Crippen molar-refractivity contribution in [1.29, 1.82) is 0 Å². The Morgan fingerprint density at radius 3 is 2.71 bits per heavy atom. The van der Waals surface area contributed by atoms with Crippen LogP contribution in [0.2, 0.25) is 0 Å². The van der Waals surface area contributed by atoms with Crippen molar-refractivity contribution in [1.82, 2.24) is 9.88 Å². The lowest BCUT2D eigenvalue weighted by molar-refractivity contribution is 0.0115. The quantitative estimate of drug-likeness (QED) is 0.800. The molecular formula is C14H22N2O. The number of pyridine rings is 1. The first kappa shape index (κ1) is 12.5. The largest absolute Gasteiger partial charge is 0.379 e. The van der Waals surface area contributed by atoms with Gasteiger partial charge in [-0.15, -0.1) is 0 Å². The van der Waals surface area contributed by atoms with Crippen molar-refractivity contribution in [2.75, 3.05) is 26.3 Å². The van der Waals surface area contributed by atoms with Gasteiger partial charge in [0.2, 0.25) is 0 Å². The fraction of sp³-hybridized carbons (Fsp3) is 0.643. The van der Waals surface area contributed by atoms with E-state index >= 15 is 0 Å². The number of hydrogen-bond donors (Lipinski definition) is 0. The molecule has 1 aliphatic rings.